The molecule has 0 bridgehead atoms. The van der Waals surface area contributed by atoms with E-state index in [0.29, 0.717) is 16.5 Å². The Hall–Kier alpha value is -3.21. The molecule has 9 nitrogen and oxygen atoms in total. The fourth-order valence-electron chi connectivity index (χ4n) is 3.31. The Morgan fingerprint density at radius 1 is 1.09 bits per heavy atom. The summed E-state index contributed by atoms with van der Waals surface area (Å²) in [5.41, 5.74) is 2.19. The minimum absolute atomic E-state index is 0.0227. The van der Waals surface area contributed by atoms with E-state index >= 15 is 0 Å². The van der Waals surface area contributed by atoms with Crippen LogP contribution in [-0.4, -0.2) is 57.0 Å². The predicted molar refractivity (Wildman–Crippen MR) is 139 cm³/mol. The monoisotopic (exact) mass is 518 g/mol. The van der Waals surface area contributed by atoms with Gasteiger partial charge in [-0.1, -0.05) is 23.7 Å². The van der Waals surface area contributed by atoms with E-state index in [9.17, 15) is 14.4 Å². The van der Waals surface area contributed by atoms with Gasteiger partial charge in [0.05, 0.1) is 11.4 Å². The Labute approximate surface area is 212 Å². The summed E-state index contributed by atoms with van der Waals surface area (Å²) < 4.78 is 17.0. The maximum Gasteiger partial charge on any atom is 0.414 e. The first kappa shape index (κ1) is 26.4. The average molecular weight is 519 g/mol. The summed E-state index contributed by atoms with van der Waals surface area (Å²) in [7, 11) is 8.17. The lowest BCUT2D eigenvalue weighted by atomic mass is 9.95. The van der Waals surface area contributed by atoms with Gasteiger partial charge in [-0.3, -0.25) is 4.79 Å². The normalized spacial score (nSPS) is 10.8. The summed E-state index contributed by atoms with van der Waals surface area (Å²) in [6.45, 7) is 0. The lowest BCUT2D eigenvalue weighted by Gasteiger charge is -2.16. The van der Waals surface area contributed by atoms with Crippen LogP contribution in [0.1, 0.15) is 16.7 Å². The first-order chi connectivity index (χ1) is 16.6. The third-order valence-electron chi connectivity index (χ3n) is 5.14. The lowest BCUT2D eigenvalue weighted by molar-refractivity contribution is -0.127. The van der Waals surface area contributed by atoms with Crippen LogP contribution in [0.5, 0.6) is 5.75 Å². The Morgan fingerprint density at radius 2 is 1.83 bits per heavy atom. The molecule has 0 aliphatic rings. The molecule has 1 aromatic heterocycles. The zero-order valence-electron chi connectivity index (χ0n) is 20.1. The van der Waals surface area contributed by atoms with Crippen molar-refractivity contribution in [3.63, 3.8) is 0 Å². The van der Waals surface area contributed by atoms with Gasteiger partial charge in [0.15, 0.2) is 5.75 Å². The van der Waals surface area contributed by atoms with Gasteiger partial charge < -0.3 is 23.7 Å². The van der Waals surface area contributed by atoms with Gasteiger partial charge in [0.25, 0.3) is 0 Å². The molecule has 2 N–H and O–H groups in total. The van der Waals surface area contributed by atoms with Gasteiger partial charge in [-0.15, -0.1) is 0 Å². The SMILES string of the molecule is CNSNc1cccc(Cc2c(CC(=O)N(C)C)c3cc(Cl)c(OC(=O)N(C)C)cc3oc2=O)c1. The van der Waals surface area contributed by atoms with Gasteiger partial charge in [0, 0.05) is 69.4 Å². The number of anilines is 1. The zero-order chi connectivity index (χ0) is 25.7. The van der Waals surface area contributed by atoms with E-state index in [1.807, 2.05) is 24.3 Å². The van der Waals surface area contributed by atoms with Crippen LogP contribution in [0, 0.1) is 0 Å². The largest absolute Gasteiger partial charge is 0.422 e. The second-order valence-electron chi connectivity index (χ2n) is 8.14. The van der Waals surface area contributed by atoms with Crippen molar-refractivity contribution in [2.24, 2.45) is 0 Å². The molecule has 0 fully saturated rings. The molecule has 0 saturated heterocycles. The first-order valence-electron chi connectivity index (χ1n) is 10.7. The van der Waals surface area contributed by atoms with Gasteiger partial charge in [-0.2, -0.15) is 0 Å². The van der Waals surface area contributed by atoms with Gasteiger partial charge in [-0.25, -0.2) is 14.3 Å². The summed E-state index contributed by atoms with van der Waals surface area (Å²) in [6.07, 6.45) is -0.396. The highest BCUT2D eigenvalue weighted by Crippen LogP contribution is 2.33. The highest BCUT2D eigenvalue weighted by atomic mass is 35.5. The highest BCUT2D eigenvalue weighted by Gasteiger charge is 2.21. The van der Waals surface area contributed by atoms with Crippen molar-refractivity contribution >= 4 is 52.4 Å². The number of nitrogens with one attached hydrogen (secondary N) is 2. The van der Waals surface area contributed by atoms with Gasteiger partial charge >= 0.3 is 11.7 Å². The number of hydrogen-bond acceptors (Lipinski definition) is 8. The third kappa shape index (κ3) is 6.47. The molecule has 0 atom stereocenters. The molecule has 11 heteroatoms. The number of ether oxygens (including phenoxy) is 1. The average Bonchev–Trinajstić information content (AvgIpc) is 2.81. The van der Waals surface area contributed by atoms with E-state index in [2.05, 4.69) is 9.44 Å². The number of hydrogen-bond donors (Lipinski definition) is 2. The lowest BCUT2D eigenvalue weighted by Crippen LogP contribution is -2.26. The number of rotatable bonds is 8. The van der Waals surface area contributed by atoms with E-state index in [1.54, 1.807) is 27.2 Å². The summed E-state index contributed by atoms with van der Waals surface area (Å²) in [5.74, 6) is -0.127. The Balaban J connectivity index is 2.13. The van der Waals surface area contributed by atoms with E-state index in [1.165, 1.54) is 42.1 Å². The van der Waals surface area contributed by atoms with Crippen LogP contribution >= 0.6 is 23.7 Å². The van der Waals surface area contributed by atoms with Crippen LogP contribution in [-0.2, 0) is 17.6 Å². The van der Waals surface area contributed by atoms with E-state index in [-0.39, 0.29) is 35.1 Å². The van der Waals surface area contributed by atoms with Crippen LogP contribution in [0.2, 0.25) is 5.02 Å². The molecule has 35 heavy (non-hydrogen) atoms. The number of fused-ring (bicyclic) bond motifs is 1. The molecular weight excluding hydrogens is 492 g/mol. The van der Waals surface area contributed by atoms with Crippen LogP contribution in [0.15, 0.2) is 45.6 Å². The number of carbonyl (C=O) groups excluding carboxylic acids is 2. The molecule has 0 unspecified atom stereocenters. The third-order valence-corrected chi connectivity index (χ3v) is 5.98. The van der Waals surface area contributed by atoms with Crippen molar-refractivity contribution in [1.29, 1.82) is 0 Å². The summed E-state index contributed by atoms with van der Waals surface area (Å²) in [6, 6.07) is 10.6. The number of amides is 2. The highest BCUT2D eigenvalue weighted by molar-refractivity contribution is 7.98. The summed E-state index contributed by atoms with van der Waals surface area (Å²) >= 11 is 7.74. The Morgan fingerprint density at radius 3 is 2.49 bits per heavy atom. The quantitative estimate of drug-likeness (QED) is 0.341. The van der Waals surface area contributed by atoms with Gasteiger partial charge in [-0.05, 0) is 36.4 Å². The standard InChI is InChI=1S/C24H27ClN4O5S/c1-26-35-27-15-8-6-7-14(9-15)10-18-16(12-22(30)28(2)3)17-11-19(25)21(34-24(32)29(4)5)13-20(17)33-23(18)31/h6-9,11,13,26-27H,10,12H2,1-5H3. The van der Waals surface area contributed by atoms with Crippen molar-refractivity contribution in [2.45, 2.75) is 12.8 Å². The second kappa shape index (κ2) is 11.5. The minimum Gasteiger partial charge on any atom is -0.422 e. The van der Waals surface area contributed by atoms with E-state index in [0.717, 1.165) is 11.3 Å². The van der Waals surface area contributed by atoms with Crippen molar-refractivity contribution in [3.05, 3.63) is 68.5 Å². The molecule has 0 spiro atoms. The number of halogens is 1. The number of carbonyl (C=O) groups is 2. The van der Waals surface area contributed by atoms with Crippen molar-refractivity contribution < 1.29 is 18.7 Å². The van der Waals surface area contributed by atoms with Crippen molar-refractivity contribution in [1.82, 2.24) is 14.5 Å². The molecule has 2 aromatic carbocycles. The number of likely N-dealkylation sites (N-methyl/N-ethyl adjacent to an activating group) is 1. The second-order valence-corrected chi connectivity index (χ2v) is 9.36. The van der Waals surface area contributed by atoms with E-state index in [4.69, 9.17) is 20.8 Å². The molecule has 186 valence electrons. The molecule has 3 aromatic rings. The maximum atomic E-state index is 13.1. The summed E-state index contributed by atoms with van der Waals surface area (Å²) in [5, 5.41) is 0.658. The van der Waals surface area contributed by atoms with E-state index < -0.39 is 11.7 Å². The van der Waals surface area contributed by atoms with Crippen molar-refractivity contribution in [3.8, 4) is 5.75 Å². The number of benzene rings is 2. The maximum absolute atomic E-state index is 13.1. The van der Waals surface area contributed by atoms with Crippen LogP contribution < -0.4 is 19.8 Å². The molecule has 0 saturated carbocycles. The van der Waals surface area contributed by atoms with Crippen LogP contribution in [0.25, 0.3) is 11.0 Å². The van der Waals surface area contributed by atoms with Gasteiger partial charge in [0.1, 0.15) is 5.58 Å². The molecule has 2 amide bonds. The topological polar surface area (TPSA) is 104 Å². The zero-order valence-corrected chi connectivity index (χ0v) is 21.7. The molecular formula is C24H27ClN4O5S. The summed E-state index contributed by atoms with van der Waals surface area (Å²) in [4.78, 5) is 40.5. The van der Waals surface area contributed by atoms with Crippen LogP contribution in [0.3, 0.4) is 0 Å². The molecule has 0 radical (unpaired) electrons. The minimum atomic E-state index is -0.627. The number of nitrogens with zero attached hydrogens (tertiary/aromatic N) is 2. The molecule has 1 heterocycles. The Kier molecular flexibility index (Phi) is 8.66. The Bertz CT molecular complexity index is 1310. The molecule has 0 aliphatic heterocycles. The fraction of sp³-hybridized carbons (Fsp3) is 0.292. The van der Waals surface area contributed by atoms with Gasteiger partial charge in [0.2, 0.25) is 5.91 Å². The molecule has 3 rings (SSSR count). The smallest absolute Gasteiger partial charge is 0.414 e. The molecule has 0 aliphatic carbocycles. The predicted octanol–water partition coefficient (Wildman–Crippen LogP) is 3.92. The fourth-order valence-corrected chi connectivity index (χ4v) is 3.86. The first-order valence-corrected chi connectivity index (χ1v) is 11.8. The van der Waals surface area contributed by atoms with Crippen LogP contribution in [0.4, 0.5) is 10.5 Å². The van der Waals surface area contributed by atoms with Crippen molar-refractivity contribution in [2.75, 3.05) is 40.0 Å².